The number of hydrogen-bond donors (Lipinski definition) is 0. The molecular formula is C21H22N4S. The maximum atomic E-state index is 4.37. The number of rotatable bonds is 2. The number of aryl methyl sites for hydroxylation is 2. The molecule has 4 nitrogen and oxygen atoms in total. The predicted octanol–water partition coefficient (Wildman–Crippen LogP) is 4.39. The van der Waals surface area contributed by atoms with Crippen LogP contribution in [0.1, 0.15) is 16.8 Å². The number of thiophene rings is 1. The summed E-state index contributed by atoms with van der Waals surface area (Å²) in [4.78, 5) is 2.42. The lowest BCUT2D eigenvalue weighted by Gasteiger charge is -2.24. The summed E-state index contributed by atoms with van der Waals surface area (Å²) in [5, 5.41) is 10.3. The van der Waals surface area contributed by atoms with Crippen molar-refractivity contribution in [2.45, 2.75) is 19.9 Å². The average Bonchev–Trinajstić information content (AvgIpc) is 3.31. The van der Waals surface area contributed by atoms with Crippen molar-refractivity contribution in [1.82, 2.24) is 19.2 Å². The molecule has 0 radical (unpaired) electrons. The highest BCUT2D eigenvalue weighted by molar-refractivity contribution is 7.08. The van der Waals surface area contributed by atoms with E-state index in [2.05, 4.69) is 63.6 Å². The Bertz CT molecular complexity index is 1110. The highest BCUT2D eigenvalue weighted by atomic mass is 32.1. The van der Waals surface area contributed by atoms with Gasteiger partial charge in [-0.3, -0.25) is 4.68 Å². The Hall–Kier alpha value is -2.37. The molecule has 0 unspecified atom stereocenters. The van der Waals surface area contributed by atoms with Crippen LogP contribution < -0.4 is 0 Å². The summed E-state index contributed by atoms with van der Waals surface area (Å²) < 4.78 is 4.46. The minimum atomic E-state index is 1.02. The van der Waals surface area contributed by atoms with E-state index in [1.165, 1.54) is 39.0 Å². The van der Waals surface area contributed by atoms with Crippen LogP contribution in [0.15, 0.2) is 41.2 Å². The summed E-state index contributed by atoms with van der Waals surface area (Å²) >= 11 is 1.76. The van der Waals surface area contributed by atoms with Crippen LogP contribution in [0.4, 0.5) is 0 Å². The number of aromatic nitrogens is 3. The maximum Gasteiger partial charge on any atom is 0.0708 e. The van der Waals surface area contributed by atoms with Gasteiger partial charge >= 0.3 is 0 Å². The third kappa shape index (κ3) is 2.27. The first-order valence-electron chi connectivity index (χ1n) is 9.00. The van der Waals surface area contributed by atoms with Crippen LogP contribution in [-0.2, 0) is 20.0 Å². The van der Waals surface area contributed by atoms with Gasteiger partial charge in [0, 0.05) is 60.2 Å². The zero-order valence-corrected chi connectivity index (χ0v) is 16.2. The van der Waals surface area contributed by atoms with Gasteiger partial charge in [0.2, 0.25) is 0 Å². The molecule has 5 rings (SSSR count). The molecule has 0 spiro atoms. The van der Waals surface area contributed by atoms with Crippen molar-refractivity contribution in [2.24, 2.45) is 7.05 Å². The molecule has 0 bridgehead atoms. The van der Waals surface area contributed by atoms with Gasteiger partial charge < -0.3 is 9.47 Å². The van der Waals surface area contributed by atoms with E-state index in [0.717, 1.165) is 25.2 Å². The lowest BCUT2D eigenvalue weighted by Crippen LogP contribution is -2.27. The molecule has 0 saturated carbocycles. The van der Waals surface area contributed by atoms with Crippen molar-refractivity contribution in [3.8, 4) is 16.9 Å². The standard InChI is InChI=1S/C21H22N4S/c1-14-4-5-19-15(10-14)16-11-23(2)9-7-20(16)25(19)21-13-26-12-17(21)18-6-8-22-24(18)3/h4-6,8,10,12-13H,7,9,11H2,1-3H3. The molecule has 1 aliphatic heterocycles. The van der Waals surface area contributed by atoms with E-state index in [9.17, 15) is 0 Å². The van der Waals surface area contributed by atoms with Crippen LogP contribution in [0.3, 0.4) is 0 Å². The van der Waals surface area contributed by atoms with E-state index in [4.69, 9.17) is 0 Å². The van der Waals surface area contributed by atoms with Gasteiger partial charge in [0.05, 0.1) is 16.9 Å². The van der Waals surface area contributed by atoms with Crippen molar-refractivity contribution >= 4 is 22.2 Å². The topological polar surface area (TPSA) is 26.0 Å². The summed E-state index contributed by atoms with van der Waals surface area (Å²) in [7, 11) is 4.23. The first kappa shape index (κ1) is 15.9. The minimum Gasteiger partial charge on any atom is -0.312 e. The average molecular weight is 363 g/mol. The van der Waals surface area contributed by atoms with Gasteiger partial charge in [0.25, 0.3) is 0 Å². The van der Waals surface area contributed by atoms with E-state index in [0.29, 0.717) is 0 Å². The Labute approximate surface area is 157 Å². The van der Waals surface area contributed by atoms with Gasteiger partial charge in [-0.2, -0.15) is 5.10 Å². The maximum absolute atomic E-state index is 4.37. The lowest BCUT2D eigenvalue weighted by atomic mass is 10.0. The third-order valence-electron chi connectivity index (χ3n) is 5.47. The molecule has 26 heavy (non-hydrogen) atoms. The van der Waals surface area contributed by atoms with Crippen LogP contribution >= 0.6 is 11.3 Å². The Balaban J connectivity index is 1.82. The number of fused-ring (bicyclic) bond motifs is 3. The van der Waals surface area contributed by atoms with Gasteiger partial charge in [-0.15, -0.1) is 11.3 Å². The normalized spacial score (nSPS) is 14.9. The molecular weight excluding hydrogens is 340 g/mol. The van der Waals surface area contributed by atoms with Crippen LogP contribution in [0, 0.1) is 6.92 Å². The molecule has 5 heteroatoms. The second-order valence-corrected chi connectivity index (χ2v) is 8.02. The van der Waals surface area contributed by atoms with E-state index >= 15 is 0 Å². The number of likely N-dealkylation sites (N-methyl/N-ethyl adjacent to an activating group) is 1. The fraction of sp³-hybridized carbons (Fsp3) is 0.286. The zero-order chi connectivity index (χ0) is 17.8. The van der Waals surface area contributed by atoms with Gasteiger partial charge in [-0.25, -0.2) is 0 Å². The van der Waals surface area contributed by atoms with Gasteiger partial charge in [-0.1, -0.05) is 11.6 Å². The fourth-order valence-electron chi connectivity index (χ4n) is 4.18. The van der Waals surface area contributed by atoms with Crippen molar-refractivity contribution in [3.05, 3.63) is 58.0 Å². The number of nitrogens with zero attached hydrogens (tertiary/aromatic N) is 4. The largest absolute Gasteiger partial charge is 0.312 e. The third-order valence-corrected chi connectivity index (χ3v) is 6.21. The molecule has 1 aliphatic rings. The summed E-state index contributed by atoms with van der Waals surface area (Å²) in [6.07, 6.45) is 2.96. The van der Waals surface area contributed by atoms with Crippen LogP contribution in [0.25, 0.3) is 27.8 Å². The number of hydrogen-bond acceptors (Lipinski definition) is 3. The monoisotopic (exact) mass is 362 g/mol. The fourth-order valence-corrected chi connectivity index (χ4v) is 4.98. The van der Waals surface area contributed by atoms with Gasteiger partial charge in [0.1, 0.15) is 0 Å². The molecule has 132 valence electrons. The zero-order valence-electron chi connectivity index (χ0n) is 15.4. The van der Waals surface area contributed by atoms with Crippen molar-refractivity contribution < 1.29 is 0 Å². The summed E-state index contributed by atoms with van der Waals surface area (Å²) in [6, 6.07) is 8.96. The predicted molar refractivity (Wildman–Crippen MR) is 108 cm³/mol. The molecule has 1 aromatic carbocycles. The highest BCUT2D eigenvalue weighted by Gasteiger charge is 2.25. The smallest absolute Gasteiger partial charge is 0.0708 e. The molecule has 0 atom stereocenters. The molecule has 4 heterocycles. The van der Waals surface area contributed by atoms with E-state index in [-0.39, 0.29) is 0 Å². The van der Waals surface area contributed by atoms with Crippen molar-refractivity contribution in [3.63, 3.8) is 0 Å². The molecule has 0 N–H and O–H groups in total. The Morgan fingerprint density at radius 3 is 2.81 bits per heavy atom. The lowest BCUT2D eigenvalue weighted by molar-refractivity contribution is 0.311. The summed E-state index contributed by atoms with van der Waals surface area (Å²) in [6.45, 7) is 4.31. The minimum absolute atomic E-state index is 1.02. The second-order valence-electron chi connectivity index (χ2n) is 7.28. The highest BCUT2D eigenvalue weighted by Crippen LogP contribution is 2.38. The Morgan fingerprint density at radius 1 is 1.12 bits per heavy atom. The number of benzene rings is 1. The van der Waals surface area contributed by atoms with Crippen LogP contribution in [-0.4, -0.2) is 32.8 Å². The Kier molecular flexibility index (Phi) is 3.55. The molecule has 0 saturated heterocycles. The second kappa shape index (κ2) is 5.83. The van der Waals surface area contributed by atoms with Crippen LogP contribution in [0.5, 0.6) is 0 Å². The van der Waals surface area contributed by atoms with E-state index < -0.39 is 0 Å². The quantitative estimate of drug-likeness (QED) is 0.529. The first-order valence-corrected chi connectivity index (χ1v) is 9.94. The first-order chi connectivity index (χ1) is 12.6. The molecule has 0 fully saturated rings. The summed E-state index contributed by atoms with van der Waals surface area (Å²) in [5.74, 6) is 0. The molecule has 0 amide bonds. The van der Waals surface area contributed by atoms with E-state index in [1.54, 1.807) is 11.3 Å². The summed E-state index contributed by atoms with van der Waals surface area (Å²) in [5.41, 5.74) is 9.29. The van der Waals surface area contributed by atoms with Gasteiger partial charge in [0.15, 0.2) is 0 Å². The van der Waals surface area contributed by atoms with Crippen molar-refractivity contribution in [2.75, 3.05) is 13.6 Å². The molecule has 3 aromatic heterocycles. The SMILES string of the molecule is Cc1ccc2c(c1)c1c(n2-c2cscc2-c2ccnn2C)CCN(C)C1. The van der Waals surface area contributed by atoms with Crippen LogP contribution in [0.2, 0.25) is 0 Å². The molecule has 4 aromatic rings. The van der Waals surface area contributed by atoms with Crippen molar-refractivity contribution in [1.29, 1.82) is 0 Å². The Morgan fingerprint density at radius 2 is 2.00 bits per heavy atom. The molecule has 0 aliphatic carbocycles. The van der Waals surface area contributed by atoms with Gasteiger partial charge in [-0.05, 0) is 37.7 Å². The van der Waals surface area contributed by atoms with E-state index in [1.807, 2.05) is 17.9 Å².